The minimum absolute atomic E-state index is 0.224. The van der Waals surface area contributed by atoms with E-state index in [1.807, 2.05) is 0 Å². The molecule has 0 radical (unpaired) electrons. The van der Waals surface area contributed by atoms with Gasteiger partial charge in [0.2, 0.25) is 6.79 Å². The number of rotatable bonds is 2. The highest BCUT2D eigenvalue weighted by molar-refractivity contribution is 5.73. The third-order valence-electron chi connectivity index (χ3n) is 1.70. The topological polar surface area (TPSA) is 85.6 Å². The van der Waals surface area contributed by atoms with Gasteiger partial charge in [-0.05, 0) is 12.1 Å². The van der Waals surface area contributed by atoms with Crippen molar-refractivity contribution in [3.05, 3.63) is 18.2 Å². The predicted octanol–water partition coefficient (Wildman–Crippen LogP) is 0.410. The van der Waals surface area contributed by atoms with Gasteiger partial charge in [0.15, 0.2) is 11.5 Å². The quantitative estimate of drug-likeness (QED) is 0.596. The average molecular weight is 195 g/mol. The highest BCUT2D eigenvalue weighted by Crippen LogP contribution is 2.33. The van der Waals surface area contributed by atoms with E-state index in [-0.39, 0.29) is 6.79 Å². The number of carbonyl (C=O) groups excluding carboxylic acids is 1. The van der Waals surface area contributed by atoms with Gasteiger partial charge in [-0.25, -0.2) is 4.79 Å². The number of urea groups is 1. The molecule has 2 rings (SSSR count). The van der Waals surface area contributed by atoms with E-state index >= 15 is 0 Å². The molecule has 0 spiro atoms. The number of anilines is 1. The molecule has 74 valence electrons. The van der Waals surface area contributed by atoms with E-state index in [9.17, 15) is 4.79 Å². The maximum Gasteiger partial charge on any atom is 0.330 e. The Morgan fingerprint density at radius 3 is 2.93 bits per heavy atom. The number of primary amides is 1. The molecule has 2 amide bonds. The second-order valence-corrected chi connectivity index (χ2v) is 2.68. The Labute approximate surface area is 80.0 Å². The summed E-state index contributed by atoms with van der Waals surface area (Å²) in [6.45, 7) is 0.224. The summed E-state index contributed by atoms with van der Waals surface area (Å²) in [5, 5.41) is 0. The Balaban J connectivity index is 2.09. The zero-order valence-electron chi connectivity index (χ0n) is 7.24. The van der Waals surface area contributed by atoms with Crippen LogP contribution in [0.2, 0.25) is 0 Å². The molecular weight excluding hydrogens is 186 g/mol. The zero-order valence-corrected chi connectivity index (χ0v) is 7.24. The fourth-order valence-electron chi connectivity index (χ4n) is 1.11. The third kappa shape index (κ3) is 1.63. The van der Waals surface area contributed by atoms with Crippen LogP contribution in [-0.2, 0) is 0 Å². The fourth-order valence-corrected chi connectivity index (χ4v) is 1.11. The first-order valence-electron chi connectivity index (χ1n) is 3.97. The molecule has 1 aliphatic rings. The SMILES string of the molecule is NC(=O)NNc1ccc2c(c1)OCO2. The highest BCUT2D eigenvalue weighted by atomic mass is 16.7. The van der Waals surface area contributed by atoms with Crippen LogP contribution in [0.4, 0.5) is 10.5 Å². The van der Waals surface area contributed by atoms with Gasteiger partial charge in [0.1, 0.15) is 0 Å². The molecular formula is C8H9N3O3. The van der Waals surface area contributed by atoms with Gasteiger partial charge in [-0.2, -0.15) is 0 Å². The van der Waals surface area contributed by atoms with Crippen molar-refractivity contribution in [2.45, 2.75) is 0 Å². The summed E-state index contributed by atoms with van der Waals surface area (Å²) in [5.74, 6) is 1.33. The standard InChI is InChI=1S/C8H9N3O3/c9-8(12)11-10-5-1-2-6-7(3-5)14-4-13-6/h1-3,10H,4H2,(H3,9,11,12). The smallest absolute Gasteiger partial charge is 0.330 e. The third-order valence-corrected chi connectivity index (χ3v) is 1.70. The van der Waals surface area contributed by atoms with Crippen LogP contribution in [0.3, 0.4) is 0 Å². The van der Waals surface area contributed by atoms with Crippen LogP contribution in [-0.4, -0.2) is 12.8 Å². The summed E-state index contributed by atoms with van der Waals surface area (Å²) in [6, 6.07) is 4.54. The number of hydrazine groups is 1. The van der Waals surface area contributed by atoms with Crippen molar-refractivity contribution in [2.75, 3.05) is 12.2 Å². The largest absolute Gasteiger partial charge is 0.454 e. The van der Waals surface area contributed by atoms with Gasteiger partial charge < -0.3 is 15.2 Å². The van der Waals surface area contributed by atoms with Crippen LogP contribution in [0.15, 0.2) is 18.2 Å². The summed E-state index contributed by atoms with van der Waals surface area (Å²) in [5.41, 5.74) is 10.4. The second-order valence-electron chi connectivity index (χ2n) is 2.68. The summed E-state index contributed by atoms with van der Waals surface area (Å²) >= 11 is 0. The summed E-state index contributed by atoms with van der Waals surface area (Å²) in [7, 11) is 0. The van der Waals surface area contributed by atoms with Crippen molar-refractivity contribution < 1.29 is 14.3 Å². The van der Waals surface area contributed by atoms with E-state index in [2.05, 4.69) is 10.9 Å². The highest BCUT2D eigenvalue weighted by Gasteiger charge is 2.12. The number of fused-ring (bicyclic) bond motifs is 1. The molecule has 0 aliphatic carbocycles. The van der Waals surface area contributed by atoms with Crippen molar-refractivity contribution in [3.63, 3.8) is 0 Å². The van der Waals surface area contributed by atoms with Crippen LogP contribution in [0.25, 0.3) is 0 Å². The molecule has 1 aromatic rings. The Bertz CT molecular complexity index is 367. The summed E-state index contributed by atoms with van der Waals surface area (Å²) in [4.78, 5) is 10.4. The monoisotopic (exact) mass is 195 g/mol. The molecule has 0 fully saturated rings. The Morgan fingerprint density at radius 2 is 2.14 bits per heavy atom. The van der Waals surface area contributed by atoms with Gasteiger partial charge in [0.05, 0.1) is 5.69 Å². The van der Waals surface area contributed by atoms with E-state index in [0.29, 0.717) is 17.2 Å². The minimum Gasteiger partial charge on any atom is -0.454 e. The van der Waals surface area contributed by atoms with Crippen molar-refractivity contribution in [2.24, 2.45) is 5.73 Å². The lowest BCUT2D eigenvalue weighted by molar-refractivity contribution is 0.174. The lowest BCUT2D eigenvalue weighted by atomic mass is 10.3. The van der Waals surface area contributed by atoms with Crippen LogP contribution in [0.1, 0.15) is 0 Å². The van der Waals surface area contributed by atoms with Gasteiger partial charge in [-0.3, -0.25) is 10.9 Å². The zero-order chi connectivity index (χ0) is 9.97. The van der Waals surface area contributed by atoms with Gasteiger partial charge >= 0.3 is 6.03 Å². The normalized spacial score (nSPS) is 12.3. The lowest BCUT2D eigenvalue weighted by Crippen LogP contribution is -2.34. The first-order chi connectivity index (χ1) is 6.75. The number of nitrogens with one attached hydrogen (secondary N) is 2. The first-order valence-corrected chi connectivity index (χ1v) is 3.97. The number of amides is 2. The van der Waals surface area contributed by atoms with Gasteiger partial charge in [0.25, 0.3) is 0 Å². The van der Waals surface area contributed by atoms with Gasteiger partial charge in [-0.15, -0.1) is 0 Å². The van der Waals surface area contributed by atoms with E-state index in [4.69, 9.17) is 15.2 Å². The van der Waals surface area contributed by atoms with Crippen molar-refractivity contribution in [1.82, 2.24) is 5.43 Å². The van der Waals surface area contributed by atoms with Crippen LogP contribution in [0, 0.1) is 0 Å². The molecule has 1 aromatic carbocycles. The fraction of sp³-hybridized carbons (Fsp3) is 0.125. The number of carbonyl (C=O) groups is 1. The van der Waals surface area contributed by atoms with Gasteiger partial charge in [0, 0.05) is 6.07 Å². The molecule has 6 heteroatoms. The second kappa shape index (κ2) is 3.33. The molecule has 0 atom stereocenters. The molecule has 6 nitrogen and oxygen atoms in total. The number of benzene rings is 1. The summed E-state index contributed by atoms with van der Waals surface area (Å²) in [6.07, 6.45) is 0. The number of hydrogen-bond acceptors (Lipinski definition) is 4. The van der Waals surface area contributed by atoms with E-state index < -0.39 is 6.03 Å². The van der Waals surface area contributed by atoms with Gasteiger partial charge in [-0.1, -0.05) is 0 Å². The average Bonchev–Trinajstić information content (AvgIpc) is 2.61. The van der Waals surface area contributed by atoms with Crippen molar-refractivity contribution in [1.29, 1.82) is 0 Å². The van der Waals surface area contributed by atoms with Crippen LogP contribution in [0.5, 0.6) is 11.5 Å². The first kappa shape index (κ1) is 8.49. The van der Waals surface area contributed by atoms with E-state index in [0.717, 1.165) is 0 Å². The molecule has 0 unspecified atom stereocenters. The molecule has 1 aliphatic heterocycles. The maximum atomic E-state index is 10.4. The molecule has 0 saturated carbocycles. The van der Waals surface area contributed by atoms with Crippen LogP contribution >= 0.6 is 0 Å². The Kier molecular flexibility index (Phi) is 2.02. The Morgan fingerprint density at radius 1 is 1.36 bits per heavy atom. The van der Waals surface area contributed by atoms with E-state index in [1.54, 1.807) is 18.2 Å². The number of ether oxygens (including phenoxy) is 2. The van der Waals surface area contributed by atoms with E-state index in [1.165, 1.54) is 0 Å². The molecule has 14 heavy (non-hydrogen) atoms. The maximum absolute atomic E-state index is 10.4. The lowest BCUT2D eigenvalue weighted by Gasteiger charge is -2.06. The molecule has 0 aromatic heterocycles. The van der Waals surface area contributed by atoms with Crippen molar-refractivity contribution >= 4 is 11.7 Å². The van der Waals surface area contributed by atoms with Crippen molar-refractivity contribution in [3.8, 4) is 11.5 Å². The predicted molar refractivity (Wildman–Crippen MR) is 48.9 cm³/mol. The Hall–Kier alpha value is -2.11. The molecule has 4 N–H and O–H groups in total. The molecule has 0 bridgehead atoms. The number of nitrogens with two attached hydrogens (primary N) is 1. The summed E-state index contributed by atoms with van der Waals surface area (Å²) < 4.78 is 10.3. The molecule has 0 saturated heterocycles. The van der Waals surface area contributed by atoms with Crippen LogP contribution < -0.4 is 26.1 Å². The minimum atomic E-state index is -0.650. The number of hydrogen-bond donors (Lipinski definition) is 3. The molecule has 1 heterocycles.